The Hall–Kier alpha value is -4.36. The van der Waals surface area contributed by atoms with Gasteiger partial charge in [-0.25, -0.2) is 9.97 Å². The Kier molecular flexibility index (Phi) is 8.97. The van der Waals surface area contributed by atoms with Gasteiger partial charge in [0.1, 0.15) is 16.4 Å². The van der Waals surface area contributed by atoms with E-state index in [1.165, 1.54) is 10.6 Å². The average molecular weight is 625 g/mol. The largest absolute Gasteiger partial charge is 0.476 e. The van der Waals surface area contributed by atoms with Gasteiger partial charge in [0.15, 0.2) is 0 Å². The van der Waals surface area contributed by atoms with Crippen LogP contribution in [0.4, 0.5) is 13.2 Å². The van der Waals surface area contributed by atoms with Gasteiger partial charge >= 0.3 is 6.18 Å². The van der Waals surface area contributed by atoms with Crippen LogP contribution in [0.3, 0.4) is 0 Å². The summed E-state index contributed by atoms with van der Waals surface area (Å²) < 4.78 is 46.4. The summed E-state index contributed by atoms with van der Waals surface area (Å²) in [7, 11) is 0. The van der Waals surface area contributed by atoms with Gasteiger partial charge in [0.25, 0.3) is 11.5 Å². The standard InChI is InChI=1S/C31H31F3N6O3S/c1-5-43-27-25(13-19(4)15-37-27)40-24(12-18(2)3)21(29(41)39-10-8-35-9-11-39)14-22(30(40)42)28-38-23(17-44-28)20-6-7-26(36-16-20)31(32,33)34/h6-7,12-17,35H,5,8-11H2,1-4H3. The molecule has 1 amide bonds. The Morgan fingerprint density at radius 2 is 1.89 bits per heavy atom. The Morgan fingerprint density at radius 3 is 2.52 bits per heavy atom. The molecule has 44 heavy (non-hydrogen) atoms. The maximum atomic E-state index is 14.4. The summed E-state index contributed by atoms with van der Waals surface area (Å²) in [5.41, 5.74) is 2.14. The van der Waals surface area contributed by atoms with Crippen LogP contribution in [0.5, 0.6) is 5.88 Å². The number of thiazole rings is 1. The van der Waals surface area contributed by atoms with E-state index in [0.717, 1.165) is 34.7 Å². The molecule has 9 nitrogen and oxygen atoms in total. The molecule has 0 aliphatic carbocycles. The molecule has 1 fully saturated rings. The lowest BCUT2D eigenvalue weighted by Gasteiger charge is -2.29. The smallest absolute Gasteiger partial charge is 0.433 e. The molecular formula is C31H31F3N6O3S. The average Bonchev–Trinajstić information content (AvgIpc) is 3.48. The zero-order chi connectivity index (χ0) is 31.6. The number of amides is 1. The summed E-state index contributed by atoms with van der Waals surface area (Å²) in [6.07, 6.45) is -0.0337. The molecule has 0 radical (unpaired) electrons. The van der Waals surface area contributed by atoms with E-state index >= 15 is 0 Å². The van der Waals surface area contributed by atoms with E-state index in [9.17, 15) is 22.8 Å². The van der Waals surface area contributed by atoms with Crippen molar-refractivity contribution in [2.45, 2.75) is 33.9 Å². The van der Waals surface area contributed by atoms with Gasteiger partial charge in [-0.05, 0) is 63.6 Å². The SMILES string of the molecule is CCOc1ncc(C)cc1-n1c(C=C(C)C)c(C(=O)N2CCNCC2)cc(-c2nc(-c3ccc(C(F)(F)F)nc3)cs2)c1=O. The van der Waals surface area contributed by atoms with E-state index in [2.05, 4.69) is 20.3 Å². The number of halogens is 3. The van der Waals surface area contributed by atoms with Crippen LogP contribution in [0.15, 0.2) is 52.4 Å². The number of alkyl halides is 3. The van der Waals surface area contributed by atoms with E-state index in [-0.39, 0.29) is 17.4 Å². The molecule has 0 aromatic carbocycles. The highest BCUT2D eigenvalue weighted by atomic mass is 32.1. The molecule has 4 aromatic heterocycles. The molecule has 0 bridgehead atoms. The minimum Gasteiger partial charge on any atom is -0.476 e. The van der Waals surface area contributed by atoms with Crippen LogP contribution >= 0.6 is 11.3 Å². The fourth-order valence-electron chi connectivity index (χ4n) is 4.84. The molecule has 5 rings (SSSR count). The second-order valence-corrected chi connectivity index (χ2v) is 11.4. The van der Waals surface area contributed by atoms with Crippen molar-refractivity contribution in [3.8, 4) is 33.4 Å². The number of pyridine rings is 3. The van der Waals surface area contributed by atoms with Gasteiger partial charge in [-0.1, -0.05) is 5.57 Å². The summed E-state index contributed by atoms with van der Waals surface area (Å²) in [6.45, 7) is 10.0. The first kappa shape index (κ1) is 31.1. The zero-order valence-corrected chi connectivity index (χ0v) is 25.5. The molecule has 1 N–H and O–H groups in total. The van der Waals surface area contributed by atoms with Crippen molar-refractivity contribution in [2.24, 2.45) is 0 Å². The minimum atomic E-state index is -4.57. The van der Waals surface area contributed by atoms with Gasteiger partial charge in [-0.2, -0.15) is 13.2 Å². The Bertz CT molecular complexity index is 1770. The first-order chi connectivity index (χ1) is 21.0. The van der Waals surface area contributed by atoms with Crippen LogP contribution in [0.2, 0.25) is 0 Å². The van der Waals surface area contributed by atoms with E-state index < -0.39 is 17.4 Å². The normalized spacial score (nSPS) is 13.6. The van der Waals surface area contributed by atoms with Gasteiger partial charge < -0.3 is 15.0 Å². The van der Waals surface area contributed by atoms with Crippen molar-refractivity contribution in [1.82, 2.24) is 29.7 Å². The second kappa shape index (κ2) is 12.7. The fourth-order valence-corrected chi connectivity index (χ4v) is 5.68. The second-order valence-electron chi connectivity index (χ2n) is 10.5. The molecule has 0 unspecified atom stereocenters. The monoisotopic (exact) mass is 624 g/mol. The number of allylic oxidation sites excluding steroid dienone is 1. The number of nitrogens with one attached hydrogen (secondary N) is 1. The van der Waals surface area contributed by atoms with Crippen LogP contribution in [0.1, 0.15) is 48.1 Å². The molecule has 0 atom stereocenters. The number of hydrogen-bond donors (Lipinski definition) is 1. The Labute approximate surface area is 256 Å². The molecule has 1 saturated heterocycles. The van der Waals surface area contributed by atoms with Crippen LogP contribution in [0, 0.1) is 6.92 Å². The highest BCUT2D eigenvalue weighted by Gasteiger charge is 2.32. The van der Waals surface area contributed by atoms with Crippen molar-refractivity contribution >= 4 is 23.3 Å². The number of nitrogens with zero attached hydrogens (tertiary/aromatic N) is 5. The molecule has 5 heterocycles. The summed E-state index contributed by atoms with van der Waals surface area (Å²) >= 11 is 1.15. The number of aryl methyl sites for hydroxylation is 1. The van der Waals surface area contributed by atoms with E-state index in [4.69, 9.17) is 4.74 Å². The Balaban J connectivity index is 1.75. The van der Waals surface area contributed by atoms with Gasteiger partial charge in [0.05, 0.1) is 29.1 Å². The minimum absolute atomic E-state index is 0.162. The summed E-state index contributed by atoms with van der Waals surface area (Å²) in [6, 6.07) is 5.53. The van der Waals surface area contributed by atoms with Crippen molar-refractivity contribution in [2.75, 3.05) is 32.8 Å². The predicted octanol–water partition coefficient (Wildman–Crippen LogP) is 5.61. The van der Waals surface area contributed by atoms with Crippen molar-refractivity contribution < 1.29 is 22.7 Å². The maximum absolute atomic E-state index is 14.4. The molecule has 0 spiro atoms. The third kappa shape index (κ3) is 6.43. The molecule has 0 saturated carbocycles. The third-order valence-electron chi connectivity index (χ3n) is 6.87. The van der Waals surface area contributed by atoms with Crippen molar-refractivity contribution in [3.05, 3.63) is 80.5 Å². The first-order valence-electron chi connectivity index (χ1n) is 14.0. The number of carbonyl (C=O) groups is 1. The number of aromatic nitrogens is 4. The van der Waals surface area contributed by atoms with Crippen molar-refractivity contribution in [1.29, 1.82) is 0 Å². The summed E-state index contributed by atoms with van der Waals surface area (Å²) in [4.78, 5) is 42.8. The number of ether oxygens (including phenoxy) is 1. The lowest BCUT2D eigenvalue weighted by atomic mass is 10.0. The summed E-state index contributed by atoms with van der Waals surface area (Å²) in [5, 5.41) is 5.19. The van der Waals surface area contributed by atoms with Gasteiger partial charge in [-0.15, -0.1) is 11.3 Å². The lowest BCUT2D eigenvalue weighted by Crippen LogP contribution is -2.47. The molecular weight excluding hydrogens is 593 g/mol. The number of piperazine rings is 1. The van der Waals surface area contributed by atoms with Crippen LogP contribution in [0.25, 0.3) is 33.6 Å². The lowest BCUT2D eigenvalue weighted by molar-refractivity contribution is -0.141. The van der Waals surface area contributed by atoms with E-state index in [0.29, 0.717) is 66.0 Å². The van der Waals surface area contributed by atoms with Crippen LogP contribution in [-0.4, -0.2) is 63.1 Å². The summed E-state index contributed by atoms with van der Waals surface area (Å²) in [5.74, 6) is -0.00623. The zero-order valence-electron chi connectivity index (χ0n) is 24.7. The topological polar surface area (TPSA) is 102 Å². The van der Waals surface area contributed by atoms with E-state index in [1.807, 2.05) is 27.7 Å². The molecule has 4 aromatic rings. The Morgan fingerprint density at radius 1 is 1.14 bits per heavy atom. The number of carbonyl (C=O) groups excluding carboxylic acids is 1. The molecule has 1 aliphatic heterocycles. The highest BCUT2D eigenvalue weighted by Crippen LogP contribution is 2.33. The molecule has 13 heteroatoms. The van der Waals surface area contributed by atoms with Crippen molar-refractivity contribution in [3.63, 3.8) is 0 Å². The van der Waals surface area contributed by atoms with Gasteiger partial charge in [0, 0.05) is 49.5 Å². The van der Waals surface area contributed by atoms with Crippen LogP contribution in [-0.2, 0) is 6.18 Å². The van der Waals surface area contributed by atoms with Crippen LogP contribution < -0.4 is 15.6 Å². The molecule has 230 valence electrons. The van der Waals surface area contributed by atoms with E-state index in [1.54, 1.807) is 34.7 Å². The van der Waals surface area contributed by atoms with Gasteiger partial charge in [0.2, 0.25) is 5.88 Å². The highest BCUT2D eigenvalue weighted by molar-refractivity contribution is 7.13. The first-order valence-corrected chi connectivity index (χ1v) is 14.9. The van der Waals surface area contributed by atoms with Gasteiger partial charge in [-0.3, -0.25) is 19.1 Å². The predicted molar refractivity (Wildman–Crippen MR) is 163 cm³/mol. The molecule has 1 aliphatic rings. The maximum Gasteiger partial charge on any atom is 0.433 e. The number of rotatable bonds is 7. The number of hydrogen-bond acceptors (Lipinski definition) is 8. The quantitative estimate of drug-likeness (QED) is 0.285. The fraction of sp³-hybridized carbons (Fsp3) is 0.323. The third-order valence-corrected chi connectivity index (χ3v) is 7.75.